The average molecular weight is 195 g/mol. The highest BCUT2D eigenvalue weighted by atomic mass is 16.4. The zero-order valence-electron chi connectivity index (χ0n) is 8.45. The second-order valence-electron chi connectivity index (χ2n) is 3.62. The molecule has 4 nitrogen and oxygen atoms in total. The number of oxime groups is 1. The van der Waals surface area contributed by atoms with Gasteiger partial charge in [0, 0.05) is 32.4 Å². The van der Waals surface area contributed by atoms with E-state index in [2.05, 4.69) is 16.1 Å². The highest BCUT2D eigenvalue weighted by Gasteiger charge is 2.14. The van der Waals surface area contributed by atoms with Crippen molar-refractivity contribution in [1.29, 1.82) is 5.26 Å². The van der Waals surface area contributed by atoms with Crippen LogP contribution in [0.3, 0.4) is 0 Å². The molecule has 1 saturated heterocycles. The Hall–Kier alpha value is -1.08. The number of piperidine rings is 1. The summed E-state index contributed by atoms with van der Waals surface area (Å²) >= 11 is 0. The summed E-state index contributed by atoms with van der Waals surface area (Å²) in [7, 11) is 0. The topological polar surface area (TPSA) is 59.6 Å². The normalized spacial score (nSPS) is 17.8. The summed E-state index contributed by atoms with van der Waals surface area (Å²) < 4.78 is 0. The van der Waals surface area contributed by atoms with Crippen LogP contribution in [0.1, 0.15) is 32.1 Å². The molecule has 1 rings (SSSR count). The van der Waals surface area contributed by atoms with E-state index in [4.69, 9.17) is 10.5 Å². The molecule has 0 aromatic rings. The molecule has 14 heavy (non-hydrogen) atoms. The predicted molar refractivity (Wildman–Crippen MR) is 54.4 cm³/mol. The fraction of sp³-hybridized carbons (Fsp3) is 0.800. The van der Waals surface area contributed by atoms with Gasteiger partial charge >= 0.3 is 0 Å². The number of nitriles is 1. The third kappa shape index (κ3) is 3.75. The Bertz CT molecular complexity index is 222. The van der Waals surface area contributed by atoms with Crippen LogP contribution in [0.25, 0.3) is 0 Å². The lowest BCUT2D eigenvalue weighted by Gasteiger charge is -2.26. The summed E-state index contributed by atoms with van der Waals surface area (Å²) in [5, 5.41) is 20.2. The van der Waals surface area contributed by atoms with Crippen molar-refractivity contribution in [2.45, 2.75) is 32.1 Å². The van der Waals surface area contributed by atoms with E-state index in [0.29, 0.717) is 6.42 Å². The van der Waals surface area contributed by atoms with Gasteiger partial charge in [0.1, 0.15) is 0 Å². The van der Waals surface area contributed by atoms with E-state index in [1.54, 1.807) is 0 Å². The van der Waals surface area contributed by atoms with E-state index in [0.717, 1.165) is 51.0 Å². The quantitative estimate of drug-likeness (QED) is 0.421. The Morgan fingerprint density at radius 3 is 2.64 bits per heavy atom. The van der Waals surface area contributed by atoms with Crippen LogP contribution < -0.4 is 0 Å². The van der Waals surface area contributed by atoms with Crippen LogP contribution in [0.2, 0.25) is 0 Å². The Labute approximate surface area is 84.8 Å². The zero-order valence-corrected chi connectivity index (χ0v) is 8.45. The van der Waals surface area contributed by atoms with Gasteiger partial charge in [-0.05, 0) is 19.4 Å². The van der Waals surface area contributed by atoms with E-state index >= 15 is 0 Å². The molecule has 78 valence electrons. The summed E-state index contributed by atoms with van der Waals surface area (Å²) in [6, 6.07) is 2.15. The van der Waals surface area contributed by atoms with Gasteiger partial charge < -0.3 is 10.1 Å². The van der Waals surface area contributed by atoms with Crippen molar-refractivity contribution in [3.05, 3.63) is 0 Å². The molecule has 0 atom stereocenters. The van der Waals surface area contributed by atoms with Crippen molar-refractivity contribution < 1.29 is 5.21 Å². The molecule has 4 heteroatoms. The number of likely N-dealkylation sites (tertiary alicyclic amines) is 1. The first-order valence-electron chi connectivity index (χ1n) is 5.16. The van der Waals surface area contributed by atoms with Gasteiger partial charge in [0.05, 0.1) is 11.8 Å². The molecule has 1 fully saturated rings. The van der Waals surface area contributed by atoms with Crippen LogP contribution in [0.15, 0.2) is 5.16 Å². The zero-order chi connectivity index (χ0) is 10.2. The van der Waals surface area contributed by atoms with Crippen molar-refractivity contribution in [3.63, 3.8) is 0 Å². The van der Waals surface area contributed by atoms with Gasteiger partial charge in [-0.3, -0.25) is 0 Å². The molecular formula is C10H17N3O. The van der Waals surface area contributed by atoms with Crippen LogP contribution in [0.5, 0.6) is 0 Å². The highest BCUT2D eigenvalue weighted by molar-refractivity contribution is 5.84. The summed E-state index contributed by atoms with van der Waals surface area (Å²) in [5.41, 5.74) is 0.915. The molecule has 0 bridgehead atoms. The molecule has 1 N–H and O–H groups in total. The maximum absolute atomic E-state index is 8.56. The summed E-state index contributed by atoms with van der Waals surface area (Å²) in [6.07, 6.45) is 4.52. The Kier molecular flexibility index (Phi) is 5.02. The summed E-state index contributed by atoms with van der Waals surface area (Å²) in [5.74, 6) is 0. The second-order valence-corrected chi connectivity index (χ2v) is 3.62. The second kappa shape index (κ2) is 6.39. The molecule has 1 heterocycles. The van der Waals surface area contributed by atoms with Crippen molar-refractivity contribution >= 4 is 5.71 Å². The Morgan fingerprint density at radius 1 is 1.36 bits per heavy atom. The number of unbranched alkanes of at least 4 members (excludes halogenated alkanes) is 2. The molecule has 1 aliphatic heterocycles. The van der Waals surface area contributed by atoms with E-state index in [9.17, 15) is 0 Å². The summed E-state index contributed by atoms with van der Waals surface area (Å²) in [4.78, 5) is 2.37. The molecule has 0 amide bonds. The molecule has 0 saturated carbocycles. The maximum Gasteiger partial charge on any atom is 0.0621 e. The first-order valence-corrected chi connectivity index (χ1v) is 5.16. The molecule has 0 aliphatic carbocycles. The first kappa shape index (κ1) is 11.0. The van der Waals surface area contributed by atoms with E-state index in [-0.39, 0.29) is 0 Å². The van der Waals surface area contributed by atoms with Gasteiger partial charge in [0.2, 0.25) is 0 Å². The Balaban J connectivity index is 2.08. The predicted octanol–water partition coefficient (Wildman–Crippen LogP) is 1.61. The molecule has 0 aromatic heterocycles. The Morgan fingerprint density at radius 2 is 2.07 bits per heavy atom. The van der Waals surface area contributed by atoms with Crippen LogP contribution >= 0.6 is 0 Å². The van der Waals surface area contributed by atoms with Gasteiger partial charge in [-0.1, -0.05) is 5.16 Å². The van der Waals surface area contributed by atoms with Crippen LogP contribution in [-0.4, -0.2) is 35.5 Å². The fourth-order valence-corrected chi connectivity index (χ4v) is 1.67. The smallest absolute Gasteiger partial charge is 0.0621 e. The highest BCUT2D eigenvalue weighted by Crippen LogP contribution is 2.08. The van der Waals surface area contributed by atoms with Gasteiger partial charge in [-0.25, -0.2) is 0 Å². The lowest BCUT2D eigenvalue weighted by atomic mass is 10.1. The number of rotatable bonds is 4. The fourth-order valence-electron chi connectivity index (χ4n) is 1.67. The first-order chi connectivity index (χ1) is 6.86. The molecule has 0 aromatic carbocycles. The monoisotopic (exact) mass is 195 g/mol. The largest absolute Gasteiger partial charge is 0.411 e. The van der Waals surface area contributed by atoms with E-state index in [1.807, 2.05) is 0 Å². The minimum atomic E-state index is 0.664. The van der Waals surface area contributed by atoms with Crippen molar-refractivity contribution in [2.75, 3.05) is 19.6 Å². The standard InChI is InChI=1S/C10H17N3O/c11-6-2-1-3-7-13-8-4-10(12-14)5-9-13/h14H,1-5,7-9H2. The molecular weight excluding hydrogens is 178 g/mol. The number of hydrogen-bond acceptors (Lipinski definition) is 4. The lowest BCUT2D eigenvalue weighted by Crippen LogP contribution is -2.34. The molecule has 0 spiro atoms. The molecule has 0 radical (unpaired) electrons. The molecule has 0 unspecified atom stereocenters. The van der Waals surface area contributed by atoms with Crippen LogP contribution in [0, 0.1) is 11.3 Å². The average Bonchev–Trinajstić information content (AvgIpc) is 2.25. The van der Waals surface area contributed by atoms with Crippen molar-refractivity contribution in [2.24, 2.45) is 5.16 Å². The third-order valence-corrected chi connectivity index (χ3v) is 2.59. The van der Waals surface area contributed by atoms with Crippen LogP contribution in [-0.2, 0) is 0 Å². The maximum atomic E-state index is 8.56. The van der Waals surface area contributed by atoms with Gasteiger partial charge in [-0.2, -0.15) is 5.26 Å². The summed E-state index contributed by atoms with van der Waals surface area (Å²) in [6.45, 7) is 3.05. The van der Waals surface area contributed by atoms with E-state index < -0.39 is 0 Å². The van der Waals surface area contributed by atoms with Gasteiger partial charge in [0.15, 0.2) is 0 Å². The van der Waals surface area contributed by atoms with Gasteiger partial charge in [0.25, 0.3) is 0 Å². The minimum absolute atomic E-state index is 0.664. The van der Waals surface area contributed by atoms with Gasteiger partial charge in [-0.15, -0.1) is 0 Å². The van der Waals surface area contributed by atoms with Crippen molar-refractivity contribution in [1.82, 2.24) is 4.90 Å². The van der Waals surface area contributed by atoms with Crippen molar-refractivity contribution in [3.8, 4) is 6.07 Å². The van der Waals surface area contributed by atoms with E-state index in [1.165, 1.54) is 0 Å². The molecule has 1 aliphatic rings. The minimum Gasteiger partial charge on any atom is -0.411 e. The lowest BCUT2D eigenvalue weighted by molar-refractivity contribution is 0.259. The SMILES string of the molecule is N#CCCCCN1CCC(=NO)CC1. The van der Waals surface area contributed by atoms with Crippen LogP contribution in [0.4, 0.5) is 0 Å². The number of hydrogen-bond donors (Lipinski definition) is 1. The third-order valence-electron chi connectivity index (χ3n) is 2.59. The number of nitrogens with zero attached hydrogens (tertiary/aromatic N) is 3.